The van der Waals surface area contributed by atoms with Crippen molar-refractivity contribution in [3.8, 4) is 0 Å². The Morgan fingerprint density at radius 2 is 1.59 bits per heavy atom. The third-order valence-electron chi connectivity index (χ3n) is 3.33. The molecule has 0 radical (unpaired) electrons. The van der Waals surface area contributed by atoms with E-state index >= 15 is 0 Å². The monoisotopic (exact) mass is 239 g/mol. The van der Waals surface area contributed by atoms with Crippen LogP contribution in [0.4, 0.5) is 0 Å². The van der Waals surface area contributed by atoms with Crippen molar-refractivity contribution in [2.24, 2.45) is 0 Å². The van der Waals surface area contributed by atoms with E-state index in [1.165, 1.54) is 64.3 Å². The Kier molecular flexibility index (Phi) is 13.5. The van der Waals surface area contributed by atoms with Crippen LogP contribution in [0.1, 0.15) is 78.1 Å². The van der Waals surface area contributed by atoms with Gasteiger partial charge in [-0.25, -0.2) is 0 Å². The lowest BCUT2D eigenvalue weighted by Crippen LogP contribution is -2.26. The zero-order valence-electron chi connectivity index (χ0n) is 12.1. The van der Waals surface area contributed by atoms with Crippen molar-refractivity contribution >= 4 is 0 Å². The standard InChI is InChI=1S/C16H33N/c1-4-6-8-9-10-11-12-13-15-17-16(3)14-7-5-2/h5,16-17H,2,4,6-15H2,1,3H3. The second kappa shape index (κ2) is 13.8. The Hall–Kier alpha value is -0.300. The molecule has 1 heteroatoms. The number of unbranched alkanes of at least 4 members (excludes halogenated alkanes) is 7. The van der Waals surface area contributed by atoms with Gasteiger partial charge < -0.3 is 5.32 Å². The van der Waals surface area contributed by atoms with Crippen molar-refractivity contribution in [1.29, 1.82) is 0 Å². The zero-order valence-corrected chi connectivity index (χ0v) is 12.1. The maximum Gasteiger partial charge on any atom is 0.00416 e. The lowest BCUT2D eigenvalue weighted by Gasteiger charge is -2.12. The van der Waals surface area contributed by atoms with Crippen molar-refractivity contribution in [3.05, 3.63) is 12.7 Å². The van der Waals surface area contributed by atoms with E-state index in [2.05, 4.69) is 25.7 Å². The number of hydrogen-bond donors (Lipinski definition) is 1. The number of hydrogen-bond acceptors (Lipinski definition) is 1. The average Bonchev–Trinajstić information content (AvgIpc) is 2.34. The predicted molar refractivity (Wildman–Crippen MR) is 79.5 cm³/mol. The van der Waals surface area contributed by atoms with Crippen molar-refractivity contribution in [3.63, 3.8) is 0 Å². The summed E-state index contributed by atoms with van der Waals surface area (Å²) in [4.78, 5) is 0. The molecule has 0 aliphatic carbocycles. The Balaban J connectivity index is 3.04. The highest BCUT2D eigenvalue weighted by Crippen LogP contribution is 2.08. The second-order valence-electron chi connectivity index (χ2n) is 5.20. The van der Waals surface area contributed by atoms with Gasteiger partial charge in [0, 0.05) is 6.04 Å². The van der Waals surface area contributed by atoms with Gasteiger partial charge in [0.15, 0.2) is 0 Å². The average molecular weight is 239 g/mol. The number of allylic oxidation sites excluding steroid dienone is 1. The zero-order chi connectivity index (χ0) is 12.8. The van der Waals surface area contributed by atoms with Gasteiger partial charge in [-0.1, -0.05) is 57.9 Å². The van der Waals surface area contributed by atoms with Gasteiger partial charge in [0.1, 0.15) is 0 Å². The topological polar surface area (TPSA) is 12.0 Å². The third-order valence-corrected chi connectivity index (χ3v) is 3.33. The minimum atomic E-state index is 0.651. The van der Waals surface area contributed by atoms with Gasteiger partial charge in [0.2, 0.25) is 0 Å². The van der Waals surface area contributed by atoms with Crippen LogP contribution < -0.4 is 5.32 Å². The quantitative estimate of drug-likeness (QED) is 0.349. The van der Waals surface area contributed by atoms with E-state index in [-0.39, 0.29) is 0 Å². The van der Waals surface area contributed by atoms with E-state index < -0.39 is 0 Å². The highest BCUT2D eigenvalue weighted by molar-refractivity contribution is 4.70. The molecular formula is C16H33N. The van der Waals surface area contributed by atoms with Crippen LogP contribution in [0.5, 0.6) is 0 Å². The molecule has 0 aliphatic heterocycles. The minimum absolute atomic E-state index is 0.651. The SMILES string of the molecule is C=CCCC(C)NCCCCCCCCCC. The van der Waals surface area contributed by atoms with E-state index in [1.54, 1.807) is 0 Å². The van der Waals surface area contributed by atoms with E-state index in [9.17, 15) is 0 Å². The third kappa shape index (κ3) is 13.6. The van der Waals surface area contributed by atoms with Gasteiger partial charge in [0.25, 0.3) is 0 Å². The molecule has 17 heavy (non-hydrogen) atoms. The summed E-state index contributed by atoms with van der Waals surface area (Å²) in [5, 5.41) is 3.58. The molecule has 0 saturated heterocycles. The lowest BCUT2D eigenvalue weighted by atomic mass is 10.1. The van der Waals surface area contributed by atoms with Crippen molar-refractivity contribution in [1.82, 2.24) is 5.32 Å². The first-order chi connectivity index (χ1) is 8.31. The molecule has 1 atom stereocenters. The fourth-order valence-corrected chi connectivity index (χ4v) is 2.08. The summed E-state index contributed by atoms with van der Waals surface area (Å²) in [6.45, 7) is 9.49. The van der Waals surface area contributed by atoms with Crippen LogP contribution in [0.25, 0.3) is 0 Å². The molecule has 0 aromatic rings. The highest BCUT2D eigenvalue weighted by atomic mass is 14.9. The molecule has 0 rings (SSSR count). The fourth-order valence-electron chi connectivity index (χ4n) is 2.08. The lowest BCUT2D eigenvalue weighted by molar-refractivity contribution is 0.491. The molecule has 0 heterocycles. The van der Waals surface area contributed by atoms with Crippen molar-refractivity contribution in [2.45, 2.75) is 84.1 Å². The van der Waals surface area contributed by atoms with Gasteiger partial charge in [-0.3, -0.25) is 0 Å². The molecule has 0 aliphatic rings. The smallest absolute Gasteiger partial charge is 0.00416 e. The summed E-state index contributed by atoms with van der Waals surface area (Å²) in [7, 11) is 0. The van der Waals surface area contributed by atoms with E-state index in [1.807, 2.05) is 6.08 Å². The summed E-state index contributed by atoms with van der Waals surface area (Å²) >= 11 is 0. The first-order valence-electron chi connectivity index (χ1n) is 7.65. The highest BCUT2D eigenvalue weighted by Gasteiger charge is 1.98. The van der Waals surface area contributed by atoms with Crippen LogP contribution in [-0.2, 0) is 0 Å². The Morgan fingerprint density at radius 3 is 2.18 bits per heavy atom. The molecule has 0 saturated carbocycles. The molecule has 0 spiro atoms. The van der Waals surface area contributed by atoms with E-state index in [0.29, 0.717) is 6.04 Å². The maximum absolute atomic E-state index is 3.76. The summed E-state index contributed by atoms with van der Waals surface area (Å²) in [5.74, 6) is 0. The molecule has 0 amide bonds. The van der Waals surface area contributed by atoms with Gasteiger partial charge in [0.05, 0.1) is 0 Å². The molecule has 0 aromatic heterocycles. The van der Waals surface area contributed by atoms with Gasteiger partial charge in [-0.2, -0.15) is 0 Å². The van der Waals surface area contributed by atoms with E-state index in [4.69, 9.17) is 0 Å². The van der Waals surface area contributed by atoms with Crippen LogP contribution in [0.2, 0.25) is 0 Å². The summed E-state index contributed by atoms with van der Waals surface area (Å²) < 4.78 is 0. The van der Waals surface area contributed by atoms with Crippen LogP contribution in [0.15, 0.2) is 12.7 Å². The summed E-state index contributed by atoms with van der Waals surface area (Å²) in [6, 6.07) is 0.651. The molecule has 1 unspecified atom stereocenters. The molecule has 102 valence electrons. The van der Waals surface area contributed by atoms with Gasteiger partial charge >= 0.3 is 0 Å². The number of nitrogens with one attached hydrogen (secondary N) is 1. The van der Waals surface area contributed by atoms with Gasteiger partial charge in [-0.05, 0) is 32.7 Å². The normalized spacial score (nSPS) is 12.6. The molecule has 0 aromatic carbocycles. The first-order valence-corrected chi connectivity index (χ1v) is 7.65. The predicted octanol–water partition coefficient (Wildman–Crippen LogP) is 5.07. The molecular weight excluding hydrogens is 206 g/mol. The van der Waals surface area contributed by atoms with Crippen LogP contribution >= 0.6 is 0 Å². The summed E-state index contributed by atoms with van der Waals surface area (Å²) in [6.07, 6.45) is 15.6. The molecule has 1 nitrogen and oxygen atoms in total. The van der Waals surface area contributed by atoms with Crippen molar-refractivity contribution in [2.75, 3.05) is 6.54 Å². The fraction of sp³-hybridized carbons (Fsp3) is 0.875. The van der Waals surface area contributed by atoms with Crippen LogP contribution in [-0.4, -0.2) is 12.6 Å². The Morgan fingerprint density at radius 1 is 1.00 bits per heavy atom. The maximum atomic E-state index is 3.76. The van der Waals surface area contributed by atoms with Crippen LogP contribution in [0.3, 0.4) is 0 Å². The minimum Gasteiger partial charge on any atom is -0.314 e. The summed E-state index contributed by atoms with van der Waals surface area (Å²) in [5.41, 5.74) is 0. The second-order valence-corrected chi connectivity index (χ2v) is 5.20. The van der Waals surface area contributed by atoms with E-state index in [0.717, 1.165) is 6.42 Å². The van der Waals surface area contributed by atoms with Crippen molar-refractivity contribution < 1.29 is 0 Å². The van der Waals surface area contributed by atoms with Gasteiger partial charge in [-0.15, -0.1) is 6.58 Å². The van der Waals surface area contributed by atoms with Crippen LogP contribution in [0, 0.1) is 0 Å². The number of rotatable bonds is 13. The Bertz CT molecular complexity index is 154. The first kappa shape index (κ1) is 16.7. The largest absolute Gasteiger partial charge is 0.314 e. The molecule has 0 bridgehead atoms. The molecule has 1 N–H and O–H groups in total. The Labute approximate surface area is 109 Å². The molecule has 0 fully saturated rings.